The predicted molar refractivity (Wildman–Crippen MR) is 172 cm³/mol. The SMILES string of the molecule is CN(CC(O)CO)C(=O)C(C)(C)COc1ccc(-c2ccc(-c3ncc(-c4ccccc4)n3Cc3ccccc3)cn2)cc1. The van der Waals surface area contributed by atoms with Crippen molar-refractivity contribution in [1.29, 1.82) is 0 Å². The number of aromatic nitrogens is 3. The Morgan fingerprint density at radius 2 is 1.52 bits per heavy atom. The van der Waals surface area contributed by atoms with Gasteiger partial charge in [0.15, 0.2) is 0 Å². The van der Waals surface area contributed by atoms with Gasteiger partial charge in [-0.15, -0.1) is 0 Å². The van der Waals surface area contributed by atoms with Crippen LogP contribution in [-0.4, -0.2) is 68.5 Å². The maximum Gasteiger partial charge on any atom is 0.231 e. The number of carbonyl (C=O) groups is 1. The fourth-order valence-corrected chi connectivity index (χ4v) is 5.09. The Balaban J connectivity index is 1.29. The van der Waals surface area contributed by atoms with Crippen LogP contribution < -0.4 is 4.74 Å². The van der Waals surface area contributed by atoms with E-state index in [1.165, 1.54) is 10.5 Å². The molecule has 8 nitrogen and oxygen atoms in total. The second-order valence-electron chi connectivity index (χ2n) is 11.6. The number of aliphatic hydroxyl groups excluding tert-OH is 2. The predicted octanol–water partition coefficient (Wildman–Crippen LogP) is 5.54. The minimum atomic E-state index is -0.973. The topological polar surface area (TPSA) is 101 Å². The van der Waals surface area contributed by atoms with E-state index in [-0.39, 0.29) is 19.1 Å². The molecule has 1 amide bonds. The molecule has 5 aromatic rings. The lowest BCUT2D eigenvalue weighted by atomic mass is 9.92. The number of carbonyl (C=O) groups excluding carboxylic acids is 1. The standard InChI is InChI=1S/C36H38N4O4/c1-36(2,35(43)39(3)23-30(42)24-41)25-44-31-17-14-27(15-18-31)32-19-16-29(20-37-32)34-38-21-33(28-12-8-5-9-13-28)40(34)22-26-10-6-4-7-11-26/h4-21,30,41-42H,22-25H2,1-3H3. The Labute approximate surface area is 258 Å². The number of benzene rings is 3. The Morgan fingerprint density at radius 1 is 0.864 bits per heavy atom. The molecule has 0 aliphatic rings. The van der Waals surface area contributed by atoms with Crippen molar-refractivity contribution in [2.75, 3.05) is 26.8 Å². The average molecular weight is 591 g/mol. The Kier molecular flexibility index (Phi) is 9.53. The Hall–Kier alpha value is -4.79. The van der Waals surface area contributed by atoms with Crippen molar-refractivity contribution in [3.8, 4) is 39.7 Å². The van der Waals surface area contributed by atoms with Gasteiger partial charge in [-0.05, 0) is 61.4 Å². The molecule has 0 radical (unpaired) electrons. The molecule has 1 unspecified atom stereocenters. The lowest BCUT2D eigenvalue weighted by Gasteiger charge is -2.30. The molecule has 226 valence electrons. The highest BCUT2D eigenvalue weighted by molar-refractivity contribution is 5.82. The second-order valence-corrected chi connectivity index (χ2v) is 11.6. The van der Waals surface area contributed by atoms with Gasteiger partial charge in [-0.1, -0.05) is 60.7 Å². The maximum atomic E-state index is 12.8. The summed E-state index contributed by atoms with van der Waals surface area (Å²) < 4.78 is 8.18. The number of imidazole rings is 1. The molecule has 44 heavy (non-hydrogen) atoms. The van der Waals surface area contributed by atoms with Gasteiger partial charge in [0.2, 0.25) is 5.91 Å². The number of amides is 1. The van der Waals surface area contributed by atoms with E-state index in [1.807, 2.05) is 85.2 Å². The van der Waals surface area contributed by atoms with Gasteiger partial charge in [0.25, 0.3) is 0 Å². The number of nitrogens with zero attached hydrogens (tertiary/aromatic N) is 4. The van der Waals surface area contributed by atoms with Gasteiger partial charge in [-0.25, -0.2) is 4.98 Å². The van der Waals surface area contributed by atoms with E-state index in [0.29, 0.717) is 12.3 Å². The number of hydrogen-bond acceptors (Lipinski definition) is 6. The van der Waals surface area contributed by atoms with E-state index in [2.05, 4.69) is 28.8 Å². The fourth-order valence-electron chi connectivity index (χ4n) is 5.09. The summed E-state index contributed by atoms with van der Waals surface area (Å²) in [7, 11) is 1.61. The molecule has 2 aromatic heterocycles. The van der Waals surface area contributed by atoms with Crippen LogP contribution in [0, 0.1) is 5.41 Å². The van der Waals surface area contributed by atoms with E-state index in [0.717, 1.165) is 33.9 Å². The molecule has 1 atom stereocenters. The maximum absolute atomic E-state index is 12.8. The molecule has 3 aromatic carbocycles. The summed E-state index contributed by atoms with van der Waals surface area (Å²) in [6.45, 7) is 4.11. The van der Waals surface area contributed by atoms with Crippen LogP contribution in [0.5, 0.6) is 5.75 Å². The number of aliphatic hydroxyl groups is 2. The van der Waals surface area contributed by atoms with Gasteiger partial charge in [-0.3, -0.25) is 9.78 Å². The zero-order chi connectivity index (χ0) is 31.1. The van der Waals surface area contributed by atoms with E-state index in [1.54, 1.807) is 20.9 Å². The highest BCUT2D eigenvalue weighted by Crippen LogP contribution is 2.29. The number of likely N-dealkylation sites (N-methyl/N-ethyl adjacent to an activating group) is 1. The third-order valence-corrected chi connectivity index (χ3v) is 7.50. The summed E-state index contributed by atoms with van der Waals surface area (Å²) >= 11 is 0. The zero-order valence-corrected chi connectivity index (χ0v) is 25.3. The van der Waals surface area contributed by atoms with Gasteiger partial charge in [-0.2, -0.15) is 0 Å². The summed E-state index contributed by atoms with van der Waals surface area (Å²) in [4.78, 5) is 23.8. The smallest absolute Gasteiger partial charge is 0.231 e. The third-order valence-electron chi connectivity index (χ3n) is 7.50. The number of ether oxygens (including phenoxy) is 1. The quantitative estimate of drug-likeness (QED) is 0.198. The minimum absolute atomic E-state index is 0.0579. The fraction of sp³-hybridized carbons (Fsp3) is 0.250. The molecule has 0 aliphatic heterocycles. The van der Waals surface area contributed by atoms with E-state index < -0.39 is 18.1 Å². The van der Waals surface area contributed by atoms with Crippen LogP contribution in [0.2, 0.25) is 0 Å². The van der Waals surface area contributed by atoms with Crippen LogP contribution in [0.3, 0.4) is 0 Å². The van der Waals surface area contributed by atoms with Crippen LogP contribution in [-0.2, 0) is 11.3 Å². The van der Waals surface area contributed by atoms with Crippen molar-refractivity contribution < 1.29 is 19.7 Å². The van der Waals surface area contributed by atoms with Crippen molar-refractivity contribution in [3.05, 3.63) is 115 Å². The molecule has 0 spiro atoms. The van der Waals surface area contributed by atoms with Crippen LogP contribution in [0.15, 0.2) is 109 Å². The molecular formula is C36H38N4O4. The summed E-state index contributed by atoms with van der Waals surface area (Å²) in [5, 5.41) is 18.7. The second kappa shape index (κ2) is 13.7. The molecule has 2 heterocycles. The summed E-state index contributed by atoms with van der Waals surface area (Å²) in [6.07, 6.45) is 2.81. The molecule has 0 aliphatic carbocycles. The van der Waals surface area contributed by atoms with Crippen LogP contribution in [0.1, 0.15) is 19.4 Å². The van der Waals surface area contributed by atoms with Crippen LogP contribution >= 0.6 is 0 Å². The average Bonchev–Trinajstić information content (AvgIpc) is 3.47. The van der Waals surface area contributed by atoms with Gasteiger partial charge >= 0.3 is 0 Å². The van der Waals surface area contributed by atoms with Crippen molar-refractivity contribution in [2.24, 2.45) is 5.41 Å². The summed E-state index contributed by atoms with van der Waals surface area (Å²) in [6, 6.07) is 32.3. The lowest BCUT2D eigenvalue weighted by Crippen LogP contribution is -2.45. The number of hydrogen-bond donors (Lipinski definition) is 2. The summed E-state index contributed by atoms with van der Waals surface area (Å²) in [5.74, 6) is 1.32. The first-order chi connectivity index (χ1) is 21.2. The van der Waals surface area contributed by atoms with Gasteiger partial charge in [0, 0.05) is 37.5 Å². The molecule has 0 saturated carbocycles. The first-order valence-electron chi connectivity index (χ1n) is 14.6. The molecule has 2 N–H and O–H groups in total. The van der Waals surface area contributed by atoms with Gasteiger partial charge < -0.3 is 24.4 Å². The monoisotopic (exact) mass is 590 g/mol. The normalized spacial score (nSPS) is 12.1. The van der Waals surface area contributed by atoms with E-state index in [4.69, 9.17) is 19.8 Å². The molecule has 0 saturated heterocycles. The molecule has 0 fully saturated rings. The van der Waals surface area contributed by atoms with Crippen LogP contribution in [0.25, 0.3) is 33.9 Å². The van der Waals surface area contributed by atoms with Crippen LogP contribution in [0.4, 0.5) is 0 Å². The Bertz CT molecular complexity index is 1650. The highest BCUT2D eigenvalue weighted by Gasteiger charge is 2.32. The zero-order valence-electron chi connectivity index (χ0n) is 25.3. The van der Waals surface area contributed by atoms with Crippen molar-refractivity contribution in [3.63, 3.8) is 0 Å². The first kappa shape index (κ1) is 30.7. The molecular weight excluding hydrogens is 552 g/mol. The third kappa shape index (κ3) is 7.22. The largest absolute Gasteiger partial charge is 0.492 e. The minimum Gasteiger partial charge on any atom is -0.492 e. The van der Waals surface area contributed by atoms with Crippen molar-refractivity contribution in [1.82, 2.24) is 19.4 Å². The lowest BCUT2D eigenvalue weighted by molar-refractivity contribution is -0.142. The van der Waals surface area contributed by atoms with Crippen molar-refractivity contribution in [2.45, 2.75) is 26.5 Å². The number of rotatable bonds is 12. The molecule has 5 rings (SSSR count). The van der Waals surface area contributed by atoms with E-state index in [9.17, 15) is 9.90 Å². The highest BCUT2D eigenvalue weighted by atomic mass is 16.5. The first-order valence-corrected chi connectivity index (χ1v) is 14.6. The molecule has 8 heteroatoms. The Morgan fingerprint density at radius 3 is 2.16 bits per heavy atom. The molecule has 0 bridgehead atoms. The van der Waals surface area contributed by atoms with Crippen molar-refractivity contribution >= 4 is 5.91 Å². The number of pyridine rings is 1. The van der Waals surface area contributed by atoms with Gasteiger partial charge in [0.05, 0.1) is 35.7 Å². The van der Waals surface area contributed by atoms with Gasteiger partial charge in [0.1, 0.15) is 18.2 Å². The van der Waals surface area contributed by atoms with E-state index >= 15 is 0 Å². The summed E-state index contributed by atoms with van der Waals surface area (Å²) in [5.41, 5.74) is 5.22.